The average Bonchev–Trinajstić information content (AvgIpc) is 1.58. The monoisotopic (exact) mass is 2080 g/mol. The van der Waals surface area contributed by atoms with Crippen LogP contribution >= 0.6 is 93.6 Å². The number of thioether (sulfide) groups is 5. The highest BCUT2D eigenvalue weighted by Crippen LogP contribution is 2.51. The topological polar surface area (TPSA) is 261 Å². The van der Waals surface area contributed by atoms with E-state index in [-0.39, 0.29) is 17.9 Å². The summed E-state index contributed by atoms with van der Waals surface area (Å²) >= 11 is 30.0. The molecule has 746 valence electrons. The summed E-state index contributed by atoms with van der Waals surface area (Å²) in [5.41, 5.74) is 30.3. The maximum atomic E-state index is 16.0. The second-order valence-electron chi connectivity index (χ2n) is 39.0. The molecule has 14 heterocycles. The van der Waals surface area contributed by atoms with Gasteiger partial charge in [-0.25, -0.2) is 23.2 Å². The highest BCUT2D eigenvalue weighted by atomic mass is 35.5. The standard InChI is InChI=1S/C37H40ClN5O3S2.C36H38ClF2N5O3S.C36H38ClN5O3S2/c1-41-35-28-12-13-29(38)33(35)34-30(40-43-14-6-5-11-31(34)43)21-47-19-23-17-24(42(2)39-23)20-48-25-16-22-8-3-4-9-26(22)32(18-25)46-15-7-10-27(28)36(41)37(44)45;1-20-31-29(41-43(20)3)19-48-18-23-16-24(44(4)40-23)17-36(38,39)22-14-21-8-5-6-9-25(21)30(15-22)47-13-7-10-26-27-11-12-28(37)32(31)33(27)42(2)34(26)35(45)46;1-40-34-27-11-12-28(37)32(34)33-29(39-42-13-5-10-30(33)42)20-46-18-22-16-23(41(2)38-22)19-47-24-15-21-7-3-4-8-25(21)31(17-24)45-14-6-9-26(27)35(40)36(43)44/h12-13,16-18H,3-11,14-15,19-21H2,1-2H3,(H,44,45);11-12,14-16H,5-10,13,17-19H2,1-4H3,(H,45,46);11-12,15-17H,3-10,13-14,18-20H2,1-2H3,(H,43,44). The van der Waals surface area contributed by atoms with Crippen LogP contribution in [0, 0.1) is 6.92 Å². The van der Waals surface area contributed by atoms with Crippen LogP contribution in [0.15, 0.2) is 101 Å². The highest BCUT2D eigenvalue weighted by molar-refractivity contribution is 7.99. The van der Waals surface area contributed by atoms with E-state index >= 15 is 8.78 Å². The van der Waals surface area contributed by atoms with E-state index in [0.717, 1.165) is 254 Å². The number of hydrogen-bond acceptors (Lipinski definition) is 17. The Labute approximate surface area is 865 Å². The molecule has 143 heavy (non-hydrogen) atoms. The Morgan fingerprint density at radius 2 is 0.720 bits per heavy atom. The van der Waals surface area contributed by atoms with Gasteiger partial charge in [-0.1, -0.05) is 53.0 Å². The van der Waals surface area contributed by atoms with Crippen LogP contribution in [0.2, 0.25) is 15.1 Å². The first-order valence-corrected chi connectivity index (χ1v) is 56.3. The van der Waals surface area contributed by atoms with Gasteiger partial charge in [0, 0.05) is 208 Å². The minimum Gasteiger partial charge on any atom is -0.493 e. The zero-order valence-electron chi connectivity index (χ0n) is 81.8. The second-order valence-corrected chi connectivity index (χ2v) is 45.3. The minimum absolute atomic E-state index is 0.0501. The number of hydrogen-bond donors (Lipinski definition) is 3. The molecular formula is C109H116Cl3F2N15O9S5. The van der Waals surface area contributed by atoms with Gasteiger partial charge < -0.3 is 43.2 Å². The normalized spacial score (nSPS) is 16.8. The van der Waals surface area contributed by atoms with E-state index in [1.807, 2.05) is 137 Å². The number of carboxylic acid groups (broad SMARTS) is 3. The van der Waals surface area contributed by atoms with Crippen LogP contribution in [0.25, 0.3) is 66.1 Å². The number of aromatic carboxylic acids is 3. The van der Waals surface area contributed by atoms with Crippen molar-refractivity contribution in [3.8, 4) is 50.6 Å². The SMILES string of the molecule is Cc1c2c(nn1C)CSCc1cc(n(C)n1)CC(F)(F)c1cc3c(c(c1)OCCCc1c(C(=O)O)n(C)c4c-2c(Cl)ccc14)CCCC3.Cn1nc2cc1CSc1cc3c(c(c1)OCCCc1c(C(=O)O)n(C)c4c(c(Cl)ccc14)-c1c(nn4c1CCC4)CSC2)CCCC3.Cn1nc2cc1CSc1cc3c(c(c1)OCCCc1c(C(=O)O)n(C)c4c(c(Cl)ccc14)-c1c(nn4c1CCCC4)CSC2)CCCC3. The van der Waals surface area contributed by atoms with Gasteiger partial charge in [-0.3, -0.25) is 28.1 Å². The van der Waals surface area contributed by atoms with Crippen molar-refractivity contribution in [2.24, 2.45) is 49.3 Å². The number of rotatable bonds is 3. The molecule has 8 aliphatic rings. The van der Waals surface area contributed by atoms with Gasteiger partial charge in [0.1, 0.15) is 34.3 Å². The minimum atomic E-state index is -3.13. The fourth-order valence-electron chi connectivity index (χ4n) is 23.2. The van der Waals surface area contributed by atoms with Gasteiger partial charge in [0.05, 0.1) is 92.0 Å². The molecule has 0 amide bonds. The molecule has 0 saturated carbocycles. The molecule has 9 aromatic heterocycles. The number of alkyl halides is 2. The van der Waals surface area contributed by atoms with Crippen molar-refractivity contribution >= 4 is 144 Å². The summed E-state index contributed by atoms with van der Waals surface area (Å²) in [5.74, 6) is 2.09. The van der Waals surface area contributed by atoms with Gasteiger partial charge in [-0.2, -0.15) is 30.6 Å². The molecule has 0 unspecified atom stereocenters. The Hall–Kier alpha value is -10.5. The predicted molar refractivity (Wildman–Crippen MR) is 567 cm³/mol. The third kappa shape index (κ3) is 19.2. The first kappa shape index (κ1) is 98.5. The van der Waals surface area contributed by atoms with Gasteiger partial charge in [-0.15, -0.1) is 58.8 Å². The number of nitrogens with zero attached hydrogens (tertiary/aromatic N) is 15. The van der Waals surface area contributed by atoms with Gasteiger partial charge in [0.25, 0.3) is 5.92 Å². The number of aryl methyl sites for hydroxylation is 15. The lowest BCUT2D eigenvalue weighted by molar-refractivity contribution is -0.00600. The fourth-order valence-corrected chi connectivity index (χ4v) is 28.4. The van der Waals surface area contributed by atoms with E-state index in [2.05, 4.69) is 50.9 Å². The third-order valence-electron chi connectivity index (χ3n) is 29.9. The summed E-state index contributed by atoms with van der Waals surface area (Å²) in [5, 5.41) is 65.2. The molecule has 0 spiro atoms. The number of carbonyl (C=O) groups is 3. The Balaban J connectivity index is 0.000000127. The molecule has 3 N–H and O–H groups in total. The molecule has 23 rings (SSSR count). The molecule has 24 nitrogen and oxygen atoms in total. The molecule has 0 fully saturated rings. The number of fused-ring (bicyclic) bond motifs is 28. The molecule has 15 aromatic rings. The summed E-state index contributed by atoms with van der Waals surface area (Å²) in [4.78, 5) is 40.8. The lowest BCUT2D eigenvalue weighted by Gasteiger charge is -2.24. The van der Waals surface area contributed by atoms with Crippen LogP contribution in [0.4, 0.5) is 8.78 Å². The number of aromatic nitrogens is 15. The predicted octanol–water partition coefficient (Wildman–Crippen LogP) is 24.3. The lowest BCUT2D eigenvalue weighted by atomic mass is 9.88. The average molecular weight is 2080 g/mol. The van der Waals surface area contributed by atoms with Crippen LogP contribution in [-0.4, -0.2) is 125 Å². The van der Waals surface area contributed by atoms with Crippen molar-refractivity contribution in [3.05, 3.63) is 247 Å². The summed E-state index contributed by atoms with van der Waals surface area (Å²) in [6.45, 7) is 5.02. The maximum Gasteiger partial charge on any atom is 0.352 e. The van der Waals surface area contributed by atoms with E-state index in [1.165, 1.54) is 86.6 Å². The van der Waals surface area contributed by atoms with Crippen molar-refractivity contribution in [1.82, 2.24) is 72.4 Å². The first-order chi connectivity index (χ1) is 69.2. The van der Waals surface area contributed by atoms with E-state index in [4.69, 9.17) is 74.5 Å². The lowest BCUT2D eigenvalue weighted by Crippen LogP contribution is -2.20. The van der Waals surface area contributed by atoms with Gasteiger partial charge >= 0.3 is 17.9 Å². The van der Waals surface area contributed by atoms with Gasteiger partial charge in [-0.05, 0) is 277 Å². The van der Waals surface area contributed by atoms with Crippen molar-refractivity contribution in [3.63, 3.8) is 0 Å². The van der Waals surface area contributed by atoms with E-state index in [9.17, 15) is 29.7 Å². The molecule has 0 saturated heterocycles. The molecule has 3 aliphatic carbocycles. The Bertz CT molecular complexity index is 7580. The number of benzene rings is 6. The third-order valence-corrected chi connectivity index (χ3v) is 35.8. The van der Waals surface area contributed by atoms with Crippen LogP contribution in [0.1, 0.15) is 232 Å². The van der Waals surface area contributed by atoms with Crippen LogP contribution in [-0.2, 0) is 191 Å². The summed E-state index contributed by atoms with van der Waals surface area (Å²) in [6.07, 6.45) is 20.6. The zero-order chi connectivity index (χ0) is 99.1. The molecule has 34 heteroatoms. The fraction of sp³-hybridized carbons (Fsp3) is 0.422. The van der Waals surface area contributed by atoms with E-state index in [0.29, 0.717) is 124 Å². The quantitative estimate of drug-likeness (QED) is 0.148. The molecule has 0 atom stereocenters. The molecule has 24 bridgehead atoms. The highest BCUT2D eigenvalue weighted by Gasteiger charge is 2.39. The Morgan fingerprint density at radius 3 is 1.15 bits per heavy atom. The van der Waals surface area contributed by atoms with Gasteiger partial charge in [0.2, 0.25) is 0 Å². The molecular weight excluding hydrogens is 1970 g/mol. The number of carboxylic acids is 3. The summed E-state index contributed by atoms with van der Waals surface area (Å²) in [7, 11) is 13.1. The first-order valence-electron chi connectivity index (χ1n) is 49.8. The van der Waals surface area contributed by atoms with E-state index in [1.54, 1.807) is 59.0 Å². The summed E-state index contributed by atoms with van der Waals surface area (Å²) < 4.78 is 68.5. The Morgan fingerprint density at radius 1 is 0.364 bits per heavy atom. The van der Waals surface area contributed by atoms with Crippen LogP contribution in [0.5, 0.6) is 17.2 Å². The van der Waals surface area contributed by atoms with Crippen LogP contribution < -0.4 is 14.2 Å². The summed E-state index contributed by atoms with van der Waals surface area (Å²) in [6, 6.07) is 30.1. The smallest absolute Gasteiger partial charge is 0.352 e. The van der Waals surface area contributed by atoms with Crippen molar-refractivity contribution in [2.75, 3.05) is 19.8 Å². The number of halogens is 5. The van der Waals surface area contributed by atoms with Gasteiger partial charge in [0.15, 0.2) is 0 Å². The second kappa shape index (κ2) is 41.4. The largest absolute Gasteiger partial charge is 0.493 e. The van der Waals surface area contributed by atoms with Crippen molar-refractivity contribution in [2.45, 2.75) is 236 Å². The van der Waals surface area contributed by atoms with Crippen molar-refractivity contribution < 1.29 is 52.7 Å². The van der Waals surface area contributed by atoms with E-state index < -0.39 is 30.3 Å². The maximum absolute atomic E-state index is 16.0. The number of ether oxygens (including phenoxy) is 3. The van der Waals surface area contributed by atoms with Crippen molar-refractivity contribution in [1.29, 1.82) is 0 Å². The zero-order valence-corrected chi connectivity index (χ0v) is 88.1. The Kier molecular flexibility index (Phi) is 28.5. The molecule has 6 aromatic carbocycles. The van der Waals surface area contributed by atoms with Crippen LogP contribution in [0.3, 0.4) is 0 Å². The molecule has 0 radical (unpaired) electrons. The molecule has 5 aliphatic heterocycles.